The van der Waals surface area contributed by atoms with Crippen LogP contribution in [0.25, 0.3) is 0 Å². The SMILES string of the molecule is CCCNCCNC(=O)c1csc(S(N)(=O)=O)c1. The van der Waals surface area contributed by atoms with Gasteiger partial charge in [0.25, 0.3) is 5.91 Å². The smallest absolute Gasteiger partial charge is 0.252 e. The number of primary sulfonamides is 1. The number of sulfonamides is 1. The van der Waals surface area contributed by atoms with Crippen molar-refractivity contribution in [2.45, 2.75) is 17.6 Å². The Kier molecular flexibility index (Phi) is 5.73. The van der Waals surface area contributed by atoms with Gasteiger partial charge in [-0.1, -0.05) is 6.92 Å². The third-order valence-corrected chi connectivity index (χ3v) is 4.52. The van der Waals surface area contributed by atoms with Crippen LogP contribution in [-0.4, -0.2) is 34.0 Å². The molecular weight excluding hydrogens is 274 g/mol. The molecule has 8 heteroatoms. The Morgan fingerprint density at radius 2 is 2.11 bits per heavy atom. The zero-order chi connectivity index (χ0) is 13.6. The molecule has 1 amide bonds. The van der Waals surface area contributed by atoms with E-state index < -0.39 is 10.0 Å². The van der Waals surface area contributed by atoms with E-state index in [2.05, 4.69) is 17.6 Å². The maximum Gasteiger partial charge on any atom is 0.252 e. The van der Waals surface area contributed by atoms with Crippen molar-refractivity contribution in [2.75, 3.05) is 19.6 Å². The Labute approximate surface area is 111 Å². The highest BCUT2D eigenvalue weighted by Crippen LogP contribution is 2.18. The molecular formula is C10H17N3O3S2. The molecule has 0 aliphatic carbocycles. The second-order valence-corrected chi connectivity index (χ2v) is 6.40. The highest BCUT2D eigenvalue weighted by molar-refractivity contribution is 7.91. The number of amides is 1. The number of hydrogen-bond acceptors (Lipinski definition) is 5. The minimum Gasteiger partial charge on any atom is -0.351 e. The van der Waals surface area contributed by atoms with Crippen LogP contribution < -0.4 is 15.8 Å². The number of thiophene rings is 1. The van der Waals surface area contributed by atoms with E-state index in [1.165, 1.54) is 11.4 Å². The largest absolute Gasteiger partial charge is 0.351 e. The first-order valence-corrected chi connectivity index (χ1v) is 7.98. The van der Waals surface area contributed by atoms with Crippen molar-refractivity contribution >= 4 is 27.3 Å². The number of carbonyl (C=O) groups is 1. The maximum absolute atomic E-state index is 11.6. The predicted octanol–water partition coefficient (Wildman–Crippen LogP) is 0.125. The van der Waals surface area contributed by atoms with Crippen LogP contribution in [0.2, 0.25) is 0 Å². The van der Waals surface area contributed by atoms with Crippen LogP contribution >= 0.6 is 11.3 Å². The lowest BCUT2D eigenvalue weighted by Gasteiger charge is -2.04. The fourth-order valence-electron chi connectivity index (χ4n) is 1.25. The standard InChI is InChI=1S/C10H17N3O3S2/c1-2-3-12-4-5-13-10(14)8-6-9(17-7-8)18(11,15)16/h6-7,12H,2-5H2,1H3,(H,13,14)(H2,11,15,16). The molecule has 1 rings (SSSR count). The summed E-state index contributed by atoms with van der Waals surface area (Å²) in [5.41, 5.74) is 0.319. The maximum atomic E-state index is 11.6. The van der Waals surface area contributed by atoms with Gasteiger partial charge in [-0.3, -0.25) is 4.79 Å². The van der Waals surface area contributed by atoms with Crippen molar-refractivity contribution in [3.8, 4) is 0 Å². The van der Waals surface area contributed by atoms with Gasteiger partial charge in [0, 0.05) is 18.5 Å². The Balaban J connectivity index is 2.45. The molecule has 0 unspecified atom stereocenters. The van der Waals surface area contributed by atoms with Crippen molar-refractivity contribution < 1.29 is 13.2 Å². The van der Waals surface area contributed by atoms with E-state index in [0.717, 1.165) is 24.3 Å². The minimum atomic E-state index is -3.72. The second kappa shape index (κ2) is 6.83. The molecule has 102 valence electrons. The van der Waals surface area contributed by atoms with Crippen LogP contribution in [0.15, 0.2) is 15.7 Å². The molecule has 0 aliphatic rings. The van der Waals surface area contributed by atoms with Gasteiger partial charge in [-0.2, -0.15) is 0 Å². The van der Waals surface area contributed by atoms with Crippen molar-refractivity contribution in [1.82, 2.24) is 10.6 Å². The average Bonchev–Trinajstić information content (AvgIpc) is 2.77. The van der Waals surface area contributed by atoms with Gasteiger partial charge in [0.1, 0.15) is 4.21 Å². The molecule has 0 atom stereocenters. The van der Waals surface area contributed by atoms with E-state index in [1.807, 2.05) is 0 Å². The van der Waals surface area contributed by atoms with Crippen LogP contribution in [0, 0.1) is 0 Å². The third-order valence-electron chi connectivity index (χ3n) is 2.13. The Morgan fingerprint density at radius 3 is 2.67 bits per heavy atom. The normalized spacial score (nSPS) is 11.4. The van der Waals surface area contributed by atoms with E-state index in [4.69, 9.17) is 5.14 Å². The molecule has 0 spiro atoms. The topological polar surface area (TPSA) is 101 Å². The molecule has 0 aromatic carbocycles. The van der Waals surface area contributed by atoms with E-state index >= 15 is 0 Å². The van der Waals surface area contributed by atoms with Gasteiger partial charge in [-0.15, -0.1) is 11.3 Å². The van der Waals surface area contributed by atoms with Crippen LogP contribution in [0.4, 0.5) is 0 Å². The van der Waals surface area contributed by atoms with Crippen molar-refractivity contribution in [2.24, 2.45) is 5.14 Å². The molecule has 1 aromatic heterocycles. The van der Waals surface area contributed by atoms with Crippen LogP contribution in [0.3, 0.4) is 0 Å². The van der Waals surface area contributed by atoms with Gasteiger partial charge in [-0.05, 0) is 19.0 Å². The van der Waals surface area contributed by atoms with Crippen molar-refractivity contribution in [3.05, 3.63) is 17.0 Å². The second-order valence-electron chi connectivity index (χ2n) is 3.71. The van der Waals surface area contributed by atoms with Crippen LogP contribution in [0.1, 0.15) is 23.7 Å². The van der Waals surface area contributed by atoms with Gasteiger partial charge in [0.05, 0.1) is 5.56 Å². The summed E-state index contributed by atoms with van der Waals surface area (Å²) in [6.07, 6.45) is 1.04. The number of hydrogen-bond donors (Lipinski definition) is 3. The summed E-state index contributed by atoms with van der Waals surface area (Å²) in [5, 5.41) is 12.3. The molecule has 1 heterocycles. The summed E-state index contributed by atoms with van der Waals surface area (Å²) in [6, 6.07) is 1.29. The lowest BCUT2D eigenvalue weighted by molar-refractivity contribution is 0.0954. The highest BCUT2D eigenvalue weighted by Gasteiger charge is 2.14. The predicted molar refractivity (Wildman–Crippen MR) is 71.2 cm³/mol. The summed E-state index contributed by atoms with van der Waals surface area (Å²) in [6.45, 7) is 4.15. The van der Waals surface area contributed by atoms with Crippen molar-refractivity contribution in [3.63, 3.8) is 0 Å². The van der Waals surface area contributed by atoms with Gasteiger partial charge in [0.2, 0.25) is 10.0 Å². The summed E-state index contributed by atoms with van der Waals surface area (Å²) in [5.74, 6) is -0.292. The van der Waals surface area contributed by atoms with E-state index in [-0.39, 0.29) is 10.1 Å². The van der Waals surface area contributed by atoms with E-state index in [0.29, 0.717) is 18.7 Å². The first-order chi connectivity index (χ1) is 8.45. The van der Waals surface area contributed by atoms with Crippen LogP contribution in [-0.2, 0) is 10.0 Å². The zero-order valence-electron chi connectivity index (χ0n) is 10.1. The first-order valence-electron chi connectivity index (χ1n) is 5.55. The number of rotatable bonds is 7. The molecule has 0 saturated heterocycles. The highest BCUT2D eigenvalue weighted by atomic mass is 32.2. The Bertz CT molecular complexity index is 496. The quantitative estimate of drug-likeness (QED) is 0.621. The number of nitrogens with two attached hydrogens (primary N) is 1. The third kappa shape index (κ3) is 4.73. The number of carbonyl (C=O) groups excluding carboxylic acids is 1. The molecule has 0 fully saturated rings. The van der Waals surface area contributed by atoms with Gasteiger partial charge in [-0.25, -0.2) is 13.6 Å². The molecule has 18 heavy (non-hydrogen) atoms. The van der Waals surface area contributed by atoms with Gasteiger partial charge >= 0.3 is 0 Å². The summed E-state index contributed by atoms with van der Waals surface area (Å²) >= 11 is 0.943. The summed E-state index contributed by atoms with van der Waals surface area (Å²) in [4.78, 5) is 11.6. The molecule has 0 aliphatic heterocycles. The van der Waals surface area contributed by atoms with E-state index in [1.54, 1.807) is 0 Å². The average molecular weight is 291 g/mol. The van der Waals surface area contributed by atoms with Crippen molar-refractivity contribution in [1.29, 1.82) is 0 Å². The fraction of sp³-hybridized carbons (Fsp3) is 0.500. The van der Waals surface area contributed by atoms with E-state index in [9.17, 15) is 13.2 Å². The summed E-state index contributed by atoms with van der Waals surface area (Å²) in [7, 11) is -3.72. The molecule has 0 saturated carbocycles. The first kappa shape index (κ1) is 15.1. The number of nitrogens with one attached hydrogen (secondary N) is 2. The minimum absolute atomic E-state index is 0.00300. The Hall–Kier alpha value is -0.960. The lowest BCUT2D eigenvalue weighted by Crippen LogP contribution is -2.31. The fourth-order valence-corrected chi connectivity index (χ4v) is 2.84. The van der Waals surface area contributed by atoms with Gasteiger partial charge in [0.15, 0.2) is 0 Å². The zero-order valence-corrected chi connectivity index (χ0v) is 11.7. The molecule has 4 N–H and O–H groups in total. The lowest BCUT2D eigenvalue weighted by atomic mass is 10.3. The molecule has 0 radical (unpaired) electrons. The molecule has 0 bridgehead atoms. The Morgan fingerprint density at radius 1 is 1.39 bits per heavy atom. The molecule has 1 aromatic rings. The summed E-state index contributed by atoms with van der Waals surface area (Å²) < 4.78 is 22.1. The molecule has 6 nitrogen and oxygen atoms in total. The van der Waals surface area contributed by atoms with Gasteiger partial charge < -0.3 is 10.6 Å². The van der Waals surface area contributed by atoms with Crippen LogP contribution in [0.5, 0.6) is 0 Å². The monoisotopic (exact) mass is 291 g/mol.